The van der Waals surface area contributed by atoms with Gasteiger partial charge in [-0.25, -0.2) is 9.97 Å². The number of aromatic amines is 1. The zero-order chi connectivity index (χ0) is 19.0. The number of rotatable bonds is 5. The van der Waals surface area contributed by atoms with Crippen molar-refractivity contribution >= 4 is 49.8 Å². The molecule has 0 aliphatic heterocycles. The van der Waals surface area contributed by atoms with E-state index in [9.17, 15) is 14.4 Å². The van der Waals surface area contributed by atoms with Crippen LogP contribution in [0, 0.1) is 0 Å². The quantitative estimate of drug-likeness (QED) is 0.599. The first-order valence-electron chi connectivity index (χ1n) is 8.60. The Labute approximate surface area is 161 Å². The topological polar surface area (TPSA) is 131 Å². The lowest BCUT2D eigenvalue weighted by Crippen LogP contribution is -2.17. The first-order chi connectivity index (χ1) is 13.0. The van der Waals surface area contributed by atoms with Crippen molar-refractivity contribution < 1.29 is 9.59 Å². The summed E-state index contributed by atoms with van der Waals surface area (Å²) >= 11 is 2.72. The van der Waals surface area contributed by atoms with E-state index in [1.807, 2.05) is 0 Å². The normalized spacial score (nSPS) is 13.5. The van der Waals surface area contributed by atoms with E-state index in [0.717, 1.165) is 47.4 Å². The number of thiophene rings is 1. The van der Waals surface area contributed by atoms with Crippen LogP contribution in [-0.4, -0.2) is 26.8 Å². The van der Waals surface area contributed by atoms with Crippen LogP contribution >= 0.6 is 22.7 Å². The van der Waals surface area contributed by atoms with Crippen molar-refractivity contribution in [3.05, 3.63) is 37.7 Å². The predicted molar refractivity (Wildman–Crippen MR) is 104 cm³/mol. The summed E-state index contributed by atoms with van der Waals surface area (Å²) in [5, 5.41) is 5.14. The Morgan fingerprint density at radius 3 is 2.85 bits per heavy atom. The summed E-state index contributed by atoms with van der Waals surface area (Å²) in [4.78, 5) is 48.9. The van der Waals surface area contributed by atoms with Crippen molar-refractivity contribution in [2.45, 2.75) is 38.5 Å². The lowest BCUT2D eigenvalue weighted by Gasteiger charge is -2.09. The molecule has 3 aromatic rings. The highest BCUT2D eigenvalue weighted by Crippen LogP contribution is 2.33. The van der Waals surface area contributed by atoms with Crippen molar-refractivity contribution in [3.8, 4) is 0 Å². The average Bonchev–Trinajstić information content (AvgIpc) is 3.24. The first-order valence-corrected chi connectivity index (χ1v) is 10.3. The van der Waals surface area contributed by atoms with E-state index in [4.69, 9.17) is 5.73 Å². The van der Waals surface area contributed by atoms with Crippen molar-refractivity contribution in [1.82, 2.24) is 15.0 Å². The second-order valence-corrected chi connectivity index (χ2v) is 8.30. The summed E-state index contributed by atoms with van der Waals surface area (Å²) < 4.78 is 0. The van der Waals surface area contributed by atoms with E-state index in [1.165, 1.54) is 10.3 Å². The lowest BCUT2D eigenvalue weighted by molar-refractivity contribution is -0.116. The third kappa shape index (κ3) is 3.62. The number of aryl methyl sites for hydroxylation is 3. The van der Waals surface area contributed by atoms with Gasteiger partial charge in [-0.15, -0.1) is 22.7 Å². The molecule has 27 heavy (non-hydrogen) atoms. The summed E-state index contributed by atoms with van der Waals surface area (Å²) in [6.45, 7) is 0. The molecule has 1 aliphatic carbocycles. The van der Waals surface area contributed by atoms with Crippen LogP contribution in [-0.2, 0) is 24.1 Å². The van der Waals surface area contributed by atoms with E-state index in [1.54, 1.807) is 11.3 Å². The van der Waals surface area contributed by atoms with Crippen LogP contribution in [0.5, 0.6) is 0 Å². The highest BCUT2D eigenvalue weighted by atomic mass is 32.1. The molecule has 10 heteroatoms. The molecule has 4 N–H and O–H groups in total. The fraction of sp³-hybridized carbons (Fsp3) is 0.353. The summed E-state index contributed by atoms with van der Waals surface area (Å²) in [6, 6.07) is 0. The largest absolute Gasteiger partial charge is 0.364 e. The molecular weight excluding hydrogens is 386 g/mol. The number of amides is 2. The van der Waals surface area contributed by atoms with Crippen molar-refractivity contribution in [2.24, 2.45) is 5.73 Å². The Kier molecular flexibility index (Phi) is 4.75. The molecule has 2 amide bonds. The number of carbonyl (C=O) groups is 2. The molecule has 0 atom stereocenters. The van der Waals surface area contributed by atoms with Gasteiger partial charge in [0.2, 0.25) is 5.91 Å². The second-order valence-electron chi connectivity index (χ2n) is 6.35. The fourth-order valence-corrected chi connectivity index (χ4v) is 5.18. The summed E-state index contributed by atoms with van der Waals surface area (Å²) in [5.41, 5.74) is 6.28. The minimum absolute atomic E-state index is 0.119. The van der Waals surface area contributed by atoms with Crippen LogP contribution < -0.4 is 16.6 Å². The second kappa shape index (κ2) is 7.20. The van der Waals surface area contributed by atoms with Crippen LogP contribution in [0.25, 0.3) is 10.2 Å². The van der Waals surface area contributed by atoms with Crippen LogP contribution in [0.3, 0.4) is 0 Å². The van der Waals surface area contributed by atoms with Gasteiger partial charge in [-0.05, 0) is 31.2 Å². The van der Waals surface area contributed by atoms with Crippen LogP contribution in [0.2, 0.25) is 0 Å². The highest BCUT2D eigenvalue weighted by Gasteiger charge is 2.20. The Bertz CT molecular complexity index is 1100. The third-order valence-corrected chi connectivity index (χ3v) is 6.41. The van der Waals surface area contributed by atoms with E-state index in [0.29, 0.717) is 22.8 Å². The lowest BCUT2D eigenvalue weighted by atomic mass is 9.97. The number of anilines is 1. The molecule has 3 aromatic heterocycles. The zero-order valence-corrected chi connectivity index (χ0v) is 16.0. The molecule has 3 heterocycles. The Balaban J connectivity index is 1.46. The molecule has 0 radical (unpaired) electrons. The van der Waals surface area contributed by atoms with Crippen molar-refractivity contribution in [1.29, 1.82) is 0 Å². The van der Waals surface area contributed by atoms with Gasteiger partial charge in [-0.1, -0.05) is 0 Å². The number of nitrogens with two attached hydrogens (primary N) is 1. The van der Waals surface area contributed by atoms with Gasteiger partial charge in [-0.2, -0.15) is 0 Å². The summed E-state index contributed by atoms with van der Waals surface area (Å²) in [6.07, 6.45) is 4.66. The van der Waals surface area contributed by atoms with E-state index in [2.05, 4.69) is 20.3 Å². The third-order valence-electron chi connectivity index (χ3n) is 4.47. The zero-order valence-electron chi connectivity index (χ0n) is 14.3. The number of hydrogen-bond donors (Lipinski definition) is 3. The molecule has 140 valence electrons. The molecule has 0 spiro atoms. The summed E-state index contributed by atoms with van der Waals surface area (Å²) in [7, 11) is 0. The number of hydrogen-bond acceptors (Lipinski definition) is 7. The molecular formula is C17H17N5O3S2. The van der Waals surface area contributed by atoms with Gasteiger partial charge in [0.05, 0.1) is 5.39 Å². The predicted octanol–water partition coefficient (Wildman–Crippen LogP) is 1.99. The van der Waals surface area contributed by atoms with E-state index in [-0.39, 0.29) is 23.6 Å². The molecule has 0 saturated carbocycles. The van der Waals surface area contributed by atoms with Gasteiger partial charge in [0, 0.05) is 23.1 Å². The van der Waals surface area contributed by atoms with Crippen molar-refractivity contribution in [3.63, 3.8) is 0 Å². The Morgan fingerprint density at radius 1 is 1.26 bits per heavy atom. The monoisotopic (exact) mass is 403 g/mol. The standard InChI is InChI=1S/C17H17N5O3S2/c18-14(24)9-7-26-17(19-9)22-12(23)6-5-11-20-15(25)13-8-3-1-2-4-10(8)27-16(13)21-11/h7H,1-6H2,(H2,18,24)(H,19,22,23)(H,20,21,25). The number of nitrogens with one attached hydrogen (secondary N) is 2. The number of carbonyl (C=O) groups excluding carboxylic acids is 2. The van der Waals surface area contributed by atoms with Crippen molar-refractivity contribution in [2.75, 3.05) is 5.32 Å². The van der Waals surface area contributed by atoms with E-state index >= 15 is 0 Å². The van der Waals surface area contributed by atoms with Gasteiger partial charge in [0.1, 0.15) is 16.3 Å². The number of nitrogens with zero attached hydrogens (tertiary/aromatic N) is 2. The maximum Gasteiger partial charge on any atom is 0.268 e. The average molecular weight is 403 g/mol. The van der Waals surface area contributed by atoms with Crippen LogP contribution in [0.4, 0.5) is 5.13 Å². The SMILES string of the molecule is NC(=O)c1csc(NC(=O)CCc2nc3sc4c(c3c(=O)[nH]2)CCCC4)n1. The molecule has 0 aromatic carbocycles. The number of thiazole rings is 1. The fourth-order valence-electron chi connectivity index (χ4n) is 3.18. The minimum Gasteiger partial charge on any atom is -0.364 e. The van der Waals surface area contributed by atoms with Gasteiger partial charge >= 0.3 is 0 Å². The van der Waals surface area contributed by atoms with Gasteiger partial charge in [-0.3, -0.25) is 14.4 Å². The minimum atomic E-state index is -0.638. The molecule has 0 fully saturated rings. The highest BCUT2D eigenvalue weighted by molar-refractivity contribution is 7.18. The molecule has 0 saturated heterocycles. The maximum absolute atomic E-state index is 12.5. The molecule has 0 bridgehead atoms. The Hall–Kier alpha value is -2.59. The van der Waals surface area contributed by atoms with Gasteiger partial charge < -0.3 is 16.0 Å². The number of aromatic nitrogens is 3. The van der Waals surface area contributed by atoms with Crippen LogP contribution in [0.15, 0.2) is 10.2 Å². The van der Waals surface area contributed by atoms with E-state index < -0.39 is 5.91 Å². The summed E-state index contributed by atoms with van der Waals surface area (Å²) in [5.74, 6) is -0.410. The Morgan fingerprint density at radius 2 is 2.07 bits per heavy atom. The molecule has 0 unspecified atom stereocenters. The smallest absolute Gasteiger partial charge is 0.268 e. The maximum atomic E-state index is 12.5. The molecule has 8 nitrogen and oxygen atoms in total. The van der Waals surface area contributed by atoms with Crippen LogP contribution in [0.1, 0.15) is 46.0 Å². The number of primary amides is 1. The van der Waals surface area contributed by atoms with Gasteiger partial charge in [0.25, 0.3) is 11.5 Å². The van der Waals surface area contributed by atoms with Gasteiger partial charge in [0.15, 0.2) is 5.13 Å². The molecule has 1 aliphatic rings. The molecule has 4 rings (SSSR count). The first kappa shape index (κ1) is 17.8. The number of H-pyrrole nitrogens is 1. The number of fused-ring (bicyclic) bond motifs is 3.